The number of benzene rings is 1. The Morgan fingerprint density at radius 1 is 1.44 bits per heavy atom. The van der Waals surface area contributed by atoms with E-state index in [0.717, 1.165) is 0 Å². The Balaban J connectivity index is 2.36. The Morgan fingerprint density at radius 3 is 2.94 bits per heavy atom. The Morgan fingerprint density at radius 2 is 2.22 bits per heavy atom. The van der Waals surface area contributed by atoms with Crippen molar-refractivity contribution in [2.75, 3.05) is 5.32 Å². The molecule has 0 atom stereocenters. The van der Waals surface area contributed by atoms with E-state index >= 15 is 0 Å². The van der Waals surface area contributed by atoms with Crippen molar-refractivity contribution in [2.24, 2.45) is 0 Å². The molecule has 1 N–H and O–H groups in total. The molecular weight excluding hydrogens is 236 g/mol. The number of rotatable bonds is 4. The largest absolute Gasteiger partial charge is 0.321 e. The van der Waals surface area contributed by atoms with Crippen molar-refractivity contribution in [1.29, 1.82) is 0 Å². The molecule has 0 aliphatic rings. The Bertz CT molecular complexity index is 576. The highest BCUT2D eigenvalue weighted by Crippen LogP contribution is 2.24. The molecule has 0 aliphatic carbocycles. The van der Waals surface area contributed by atoms with Crippen LogP contribution in [0.4, 0.5) is 20.4 Å². The summed E-state index contributed by atoms with van der Waals surface area (Å²) in [4.78, 5) is 4.01. The van der Waals surface area contributed by atoms with Crippen LogP contribution in [0.25, 0.3) is 0 Å². The third kappa shape index (κ3) is 2.25. The van der Waals surface area contributed by atoms with E-state index in [1.54, 1.807) is 30.0 Å². The first-order valence-electron chi connectivity index (χ1n) is 5.47. The summed E-state index contributed by atoms with van der Waals surface area (Å²) in [5.41, 5.74) is 0.187. The molecule has 5 heteroatoms. The zero-order valence-corrected chi connectivity index (χ0v) is 9.95. The molecule has 1 heterocycles. The lowest BCUT2D eigenvalue weighted by atomic mass is 10.2. The Kier molecular flexibility index (Phi) is 3.41. The molecular formula is C13H13F2N3. The van der Waals surface area contributed by atoms with Gasteiger partial charge in [0.05, 0.1) is 0 Å². The van der Waals surface area contributed by atoms with E-state index < -0.39 is 11.6 Å². The molecule has 0 aliphatic heterocycles. The maximum absolute atomic E-state index is 13.8. The van der Waals surface area contributed by atoms with Crippen molar-refractivity contribution in [3.05, 3.63) is 54.4 Å². The number of aromatic nitrogens is 2. The number of hydrogen-bond donors (Lipinski definition) is 1. The Hall–Kier alpha value is -2.17. The third-order valence-corrected chi connectivity index (χ3v) is 2.56. The van der Waals surface area contributed by atoms with Crippen LogP contribution in [0.5, 0.6) is 0 Å². The van der Waals surface area contributed by atoms with Gasteiger partial charge in [0.1, 0.15) is 11.5 Å². The van der Waals surface area contributed by atoms with Crippen molar-refractivity contribution in [1.82, 2.24) is 9.55 Å². The second-order valence-electron chi connectivity index (χ2n) is 3.87. The minimum Gasteiger partial charge on any atom is -0.321 e. The topological polar surface area (TPSA) is 29.9 Å². The molecule has 0 radical (unpaired) electrons. The number of imidazole rings is 1. The average molecular weight is 249 g/mol. The van der Waals surface area contributed by atoms with Gasteiger partial charge < -0.3 is 9.88 Å². The number of halogens is 2. The number of aryl methyl sites for hydroxylation is 1. The quantitative estimate of drug-likeness (QED) is 0.842. The van der Waals surface area contributed by atoms with Crippen molar-refractivity contribution in [3.63, 3.8) is 0 Å². The van der Waals surface area contributed by atoms with Gasteiger partial charge in [0.15, 0.2) is 5.82 Å². The molecule has 18 heavy (non-hydrogen) atoms. The molecule has 0 unspecified atom stereocenters. The molecule has 0 bridgehead atoms. The molecule has 1 aromatic carbocycles. The lowest BCUT2D eigenvalue weighted by Crippen LogP contribution is -2.05. The summed E-state index contributed by atoms with van der Waals surface area (Å²) in [5, 5.41) is 2.67. The first-order chi connectivity index (χ1) is 8.63. The van der Waals surface area contributed by atoms with E-state index in [2.05, 4.69) is 16.9 Å². The molecule has 2 rings (SSSR count). The molecule has 3 nitrogen and oxygen atoms in total. The van der Waals surface area contributed by atoms with E-state index in [0.29, 0.717) is 18.1 Å². The van der Waals surface area contributed by atoms with Crippen molar-refractivity contribution in [3.8, 4) is 0 Å². The predicted molar refractivity (Wildman–Crippen MR) is 66.8 cm³/mol. The highest BCUT2D eigenvalue weighted by Gasteiger charge is 2.13. The zero-order valence-electron chi connectivity index (χ0n) is 9.95. The van der Waals surface area contributed by atoms with Gasteiger partial charge >= 0.3 is 0 Å². The molecule has 0 spiro atoms. The second kappa shape index (κ2) is 5.00. The summed E-state index contributed by atoms with van der Waals surface area (Å²) in [5.74, 6) is -0.882. The van der Waals surface area contributed by atoms with Gasteiger partial charge in [-0.2, -0.15) is 0 Å². The van der Waals surface area contributed by atoms with E-state index in [1.165, 1.54) is 12.1 Å². The van der Waals surface area contributed by atoms with Crippen LogP contribution in [0.2, 0.25) is 0 Å². The standard InChI is InChI=1S/C13H13F2N3/c1-3-7-18-8-6-16-13(18)17-12-10(14)5-4-9(2)11(12)15/h3-6,8H,1,7H2,2H3,(H,16,17). The monoisotopic (exact) mass is 249 g/mol. The van der Waals surface area contributed by atoms with Gasteiger partial charge in [0.2, 0.25) is 5.95 Å². The lowest BCUT2D eigenvalue weighted by Gasteiger charge is -2.11. The first-order valence-corrected chi connectivity index (χ1v) is 5.47. The predicted octanol–water partition coefficient (Wildman–Crippen LogP) is 3.40. The van der Waals surface area contributed by atoms with Crippen LogP contribution in [0.1, 0.15) is 5.56 Å². The minimum absolute atomic E-state index is 0.188. The summed E-state index contributed by atoms with van der Waals surface area (Å²) < 4.78 is 29.1. The number of anilines is 2. The molecule has 2 aromatic rings. The molecule has 94 valence electrons. The summed E-state index contributed by atoms with van der Waals surface area (Å²) in [7, 11) is 0. The number of nitrogens with zero attached hydrogens (tertiary/aromatic N) is 2. The van der Waals surface area contributed by atoms with E-state index in [-0.39, 0.29) is 5.69 Å². The van der Waals surface area contributed by atoms with Gasteiger partial charge in [-0.05, 0) is 18.6 Å². The number of hydrogen-bond acceptors (Lipinski definition) is 2. The molecule has 0 amide bonds. The summed E-state index contributed by atoms with van der Waals surface area (Å²) in [6.45, 7) is 5.70. The Labute approximate surface area is 104 Å². The zero-order chi connectivity index (χ0) is 13.1. The number of nitrogens with one attached hydrogen (secondary N) is 1. The fourth-order valence-corrected chi connectivity index (χ4v) is 1.60. The lowest BCUT2D eigenvalue weighted by molar-refractivity contribution is 0.584. The summed E-state index contributed by atoms with van der Waals surface area (Å²) in [6, 6.07) is 2.62. The number of allylic oxidation sites excluding steroid dienone is 1. The van der Waals surface area contributed by atoms with Gasteiger partial charge in [-0.3, -0.25) is 0 Å². The highest BCUT2D eigenvalue weighted by atomic mass is 19.1. The maximum atomic E-state index is 13.8. The smallest absolute Gasteiger partial charge is 0.207 e. The maximum Gasteiger partial charge on any atom is 0.207 e. The fourth-order valence-electron chi connectivity index (χ4n) is 1.60. The SMILES string of the molecule is C=CCn1ccnc1Nc1c(F)ccc(C)c1F. The van der Waals surface area contributed by atoms with Crippen LogP contribution in [0, 0.1) is 18.6 Å². The molecule has 0 saturated carbocycles. The van der Waals surface area contributed by atoms with E-state index in [9.17, 15) is 8.78 Å². The fraction of sp³-hybridized carbons (Fsp3) is 0.154. The van der Waals surface area contributed by atoms with Gasteiger partial charge in [-0.15, -0.1) is 6.58 Å². The van der Waals surface area contributed by atoms with Crippen LogP contribution in [-0.4, -0.2) is 9.55 Å². The van der Waals surface area contributed by atoms with Crippen molar-refractivity contribution < 1.29 is 8.78 Å². The van der Waals surface area contributed by atoms with Crippen LogP contribution >= 0.6 is 0 Å². The second-order valence-corrected chi connectivity index (χ2v) is 3.87. The molecule has 0 saturated heterocycles. The van der Waals surface area contributed by atoms with Gasteiger partial charge in [0.25, 0.3) is 0 Å². The minimum atomic E-state index is -0.647. The van der Waals surface area contributed by atoms with Gasteiger partial charge in [-0.25, -0.2) is 13.8 Å². The van der Waals surface area contributed by atoms with Crippen LogP contribution in [0.15, 0.2) is 37.2 Å². The average Bonchev–Trinajstić information content (AvgIpc) is 2.78. The summed E-state index contributed by atoms with van der Waals surface area (Å²) in [6.07, 6.45) is 4.93. The normalized spacial score (nSPS) is 10.4. The van der Waals surface area contributed by atoms with Crippen molar-refractivity contribution >= 4 is 11.6 Å². The third-order valence-electron chi connectivity index (χ3n) is 2.56. The van der Waals surface area contributed by atoms with E-state index in [1.807, 2.05) is 0 Å². The van der Waals surface area contributed by atoms with E-state index in [4.69, 9.17) is 0 Å². The molecule has 0 fully saturated rings. The highest BCUT2D eigenvalue weighted by molar-refractivity contribution is 5.57. The van der Waals surface area contributed by atoms with Crippen LogP contribution in [-0.2, 0) is 6.54 Å². The first kappa shape index (κ1) is 12.3. The van der Waals surface area contributed by atoms with Crippen LogP contribution < -0.4 is 5.32 Å². The van der Waals surface area contributed by atoms with Gasteiger partial charge in [0, 0.05) is 18.9 Å². The summed E-state index contributed by atoms with van der Waals surface area (Å²) >= 11 is 0. The van der Waals surface area contributed by atoms with Crippen molar-refractivity contribution in [2.45, 2.75) is 13.5 Å². The van der Waals surface area contributed by atoms with Gasteiger partial charge in [-0.1, -0.05) is 12.1 Å². The molecule has 1 aromatic heterocycles. The van der Waals surface area contributed by atoms with Crippen LogP contribution in [0.3, 0.4) is 0 Å².